The van der Waals surface area contributed by atoms with Crippen molar-refractivity contribution in [2.75, 3.05) is 6.54 Å². The molecule has 1 saturated heterocycles. The quantitative estimate of drug-likeness (QED) is 0.601. The lowest BCUT2D eigenvalue weighted by Crippen LogP contribution is -2.50. The van der Waals surface area contributed by atoms with Crippen LogP contribution in [0.25, 0.3) is 0 Å². The van der Waals surface area contributed by atoms with Crippen molar-refractivity contribution in [2.24, 2.45) is 0 Å². The molecule has 1 aliphatic heterocycles. The maximum absolute atomic E-state index is 12.4. The zero-order valence-corrected chi connectivity index (χ0v) is 13.4. The fourth-order valence-corrected chi connectivity index (χ4v) is 3.84. The number of carbonyl (C=O) groups is 4. The second-order valence-electron chi connectivity index (χ2n) is 6.74. The SMILES string of the molecule is N#CC1(NC(=O)CN2C(=O)C(=O)N(C3CCCC3)C2=O)CCCC1. The van der Waals surface area contributed by atoms with E-state index in [-0.39, 0.29) is 6.04 Å². The second-order valence-corrected chi connectivity index (χ2v) is 6.74. The molecule has 3 rings (SSSR count). The lowest BCUT2D eigenvalue weighted by molar-refractivity contribution is -0.144. The van der Waals surface area contributed by atoms with E-state index >= 15 is 0 Å². The van der Waals surface area contributed by atoms with Gasteiger partial charge in [-0.25, -0.2) is 9.69 Å². The van der Waals surface area contributed by atoms with Gasteiger partial charge in [0.2, 0.25) is 5.91 Å². The van der Waals surface area contributed by atoms with E-state index in [1.807, 2.05) is 0 Å². The first-order chi connectivity index (χ1) is 11.5. The van der Waals surface area contributed by atoms with Gasteiger partial charge in [-0.15, -0.1) is 0 Å². The van der Waals surface area contributed by atoms with Gasteiger partial charge in [0.05, 0.1) is 6.07 Å². The summed E-state index contributed by atoms with van der Waals surface area (Å²) in [4.78, 5) is 50.5. The maximum atomic E-state index is 12.4. The molecule has 0 aromatic heterocycles. The molecule has 0 radical (unpaired) electrons. The largest absolute Gasteiger partial charge is 0.336 e. The molecule has 8 nitrogen and oxygen atoms in total. The Morgan fingerprint density at radius 2 is 1.75 bits per heavy atom. The highest BCUT2D eigenvalue weighted by Crippen LogP contribution is 2.30. The third-order valence-corrected chi connectivity index (χ3v) is 5.13. The zero-order chi connectivity index (χ0) is 17.3. The van der Waals surface area contributed by atoms with Crippen LogP contribution in [0, 0.1) is 11.3 Å². The fraction of sp³-hybridized carbons (Fsp3) is 0.688. The van der Waals surface area contributed by atoms with E-state index in [0.717, 1.165) is 30.6 Å². The lowest BCUT2D eigenvalue weighted by Gasteiger charge is -2.24. The first-order valence-corrected chi connectivity index (χ1v) is 8.39. The monoisotopic (exact) mass is 332 g/mol. The Kier molecular flexibility index (Phi) is 4.26. The predicted octanol–water partition coefficient (Wildman–Crippen LogP) is 0.672. The molecule has 1 N–H and O–H groups in total. The van der Waals surface area contributed by atoms with Crippen LogP contribution in [0.15, 0.2) is 0 Å². The number of urea groups is 1. The van der Waals surface area contributed by atoms with Crippen molar-refractivity contribution in [2.45, 2.75) is 62.9 Å². The Morgan fingerprint density at radius 1 is 1.12 bits per heavy atom. The van der Waals surface area contributed by atoms with E-state index in [1.165, 1.54) is 0 Å². The normalized spacial score (nSPS) is 23.9. The minimum Gasteiger partial charge on any atom is -0.336 e. The molecule has 0 unspecified atom stereocenters. The van der Waals surface area contributed by atoms with Crippen molar-refractivity contribution in [3.63, 3.8) is 0 Å². The molecule has 8 heteroatoms. The van der Waals surface area contributed by atoms with Crippen molar-refractivity contribution in [1.29, 1.82) is 5.26 Å². The molecule has 0 aromatic carbocycles. The summed E-state index contributed by atoms with van der Waals surface area (Å²) in [6, 6.07) is 1.15. The van der Waals surface area contributed by atoms with E-state index < -0.39 is 35.8 Å². The van der Waals surface area contributed by atoms with Crippen molar-refractivity contribution < 1.29 is 19.2 Å². The van der Waals surface area contributed by atoms with Crippen molar-refractivity contribution >= 4 is 23.8 Å². The molecule has 2 saturated carbocycles. The minimum absolute atomic E-state index is 0.248. The Hall–Kier alpha value is -2.43. The third kappa shape index (κ3) is 2.75. The lowest BCUT2D eigenvalue weighted by atomic mass is 10.00. The average molecular weight is 332 g/mol. The fourth-order valence-electron chi connectivity index (χ4n) is 3.84. The number of nitrogens with zero attached hydrogens (tertiary/aromatic N) is 3. The summed E-state index contributed by atoms with van der Waals surface area (Å²) in [5, 5.41) is 11.9. The number of nitrogens with one attached hydrogen (secondary N) is 1. The van der Waals surface area contributed by atoms with Gasteiger partial charge in [-0.1, -0.05) is 12.8 Å². The van der Waals surface area contributed by atoms with Crippen molar-refractivity contribution in [3.05, 3.63) is 0 Å². The van der Waals surface area contributed by atoms with Crippen molar-refractivity contribution in [1.82, 2.24) is 15.1 Å². The number of amides is 5. The van der Waals surface area contributed by atoms with Gasteiger partial charge in [-0.05, 0) is 38.5 Å². The predicted molar refractivity (Wildman–Crippen MR) is 81.2 cm³/mol. The van der Waals surface area contributed by atoms with Gasteiger partial charge in [0, 0.05) is 6.04 Å². The van der Waals surface area contributed by atoms with E-state index in [2.05, 4.69) is 11.4 Å². The van der Waals surface area contributed by atoms with Crippen LogP contribution in [-0.4, -0.2) is 51.7 Å². The van der Waals surface area contributed by atoms with Gasteiger partial charge in [-0.3, -0.25) is 19.3 Å². The second kappa shape index (κ2) is 6.23. The Labute approximate surface area is 139 Å². The molecule has 1 heterocycles. The molecule has 3 fully saturated rings. The Bertz CT molecular complexity index is 626. The van der Waals surface area contributed by atoms with E-state index in [1.54, 1.807) is 0 Å². The number of carbonyl (C=O) groups excluding carboxylic acids is 4. The minimum atomic E-state index is -0.959. The molecule has 24 heavy (non-hydrogen) atoms. The smallest absolute Gasteiger partial charge is 0.334 e. The molecule has 2 aliphatic carbocycles. The zero-order valence-electron chi connectivity index (χ0n) is 13.4. The van der Waals surface area contributed by atoms with Gasteiger partial charge in [0.15, 0.2) is 0 Å². The summed E-state index contributed by atoms with van der Waals surface area (Å²) >= 11 is 0. The first kappa shape index (κ1) is 16.4. The van der Waals surface area contributed by atoms with Crippen molar-refractivity contribution in [3.8, 4) is 6.07 Å². The van der Waals surface area contributed by atoms with Gasteiger partial charge in [0.1, 0.15) is 12.1 Å². The topological polar surface area (TPSA) is 111 Å². The summed E-state index contributed by atoms with van der Waals surface area (Å²) in [7, 11) is 0. The molecule has 0 spiro atoms. The van der Waals surface area contributed by atoms with Crippen LogP contribution >= 0.6 is 0 Å². The molecule has 5 amide bonds. The summed E-state index contributed by atoms with van der Waals surface area (Å²) in [6.45, 7) is -0.518. The number of rotatable bonds is 4. The highest BCUT2D eigenvalue weighted by atomic mass is 16.2. The molecular weight excluding hydrogens is 312 g/mol. The first-order valence-electron chi connectivity index (χ1n) is 8.39. The molecule has 128 valence electrons. The van der Waals surface area contributed by atoms with Gasteiger partial charge >= 0.3 is 17.8 Å². The van der Waals surface area contributed by atoms with Crippen LogP contribution in [0.4, 0.5) is 4.79 Å². The number of imide groups is 2. The molecule has 0 atom stereocenters. The van der Waals surface area contributed by atoms with Crippen LogP contribution in [0.1, 0.15) is 51.4 Å². The van der Waals surface area contributed by atoms with Crippen LogP contribution in [0.3, 0.4) is 0 Å². The molecule has 3 aliphatic rings. The van der Waals surface area contributed by atoms with Crippen LogP contribution in [0.2, 0.25) is 0 Å². The molecule has 0 bridgehead atoms. The highest BCUT2D eigenvalue weighted by molar-refractivity contribution is 6.45. The van der Waals surface area contributed by atoms with Crippen LogP contribution < -0.4 is 5.32 Å². The highest BCUT2D eigenvalue weighted by Gasteiger charge is 2.49. The third-order valence-electron chi connectivity index (χ3n) is 5.13. The molecule has 0 aromatic rings. The van der Waals surface area contributed by atoms with Gasteiger partial charge in [0.25, 0.3) is 0 Å². The summed E-state index contributed by atoms with van der Waals surface area (Å²) in [6.07, 6.45) is 6.05. The number of nitriles is 1. The summed E-state index contributed by atoms with van der Waals surface area (Å²) in [5.41, 5.74) is -0.919. The number of hydrogen-bond acceptors (Lipinski definition) is 5. The molecular formula is C16H20N4O4. The van der Waals surface area contributed by atoms with E-state index in [0.29, 0.717) is 30.6 Å². The number of hydrogen-bond donors (Lipinski definition) is 1. The summed E-state index contributed by atoms with van der Waals surface area (Å²) in [5.74, 6) is -2.39. The van der Waals surface area contributed by atoms with Crippen LogP contribution in [-0.2, 0) is 14.4 Å². The van der Waals surface area contributed by atoms with Gasteiger partial charge in [-0.2, -0.15) is 5.26 Å². The standard InChI is InChI=1S/C16H20N4O4/c17-10-16(7-3-4-8-16)18-12(21)9-19-13(22)14(23)20(15(19)24)11-5-1-2-6-11/h11H,1-9H2,(H,18,21). The van der Waals surface area contributed by atoms with Crippen LogP contribution in [0.5, 0.6) is 0 Å². The maximum Gasteiger partial charge on any atom is 0.334 e. The van der Waals surface area contributed by atoms with E-state index in [9.17, 15) is 24.4 Å². The summed E-state index contributed by atoms with van der Waals surface area (Å²) < 4.78 is 0. The average Bonchev–Trinajstić information content (AvgIpc) is 3.27. The Morgan fingerprint density at radius 3 is 2.33 bits per heavy atom. The van der Waals surface area contributed by atoms with E-state index in [4.69, 9.17) is 0 Å². The van der Waals surface area contributed by atoms with Gasteiger partial charge < -0.3 is 5.32 Å². The Balaban J connectivity index is 1.67.